The second-order valence-electron chi connectivity index (χ2n) is 5.64. The quantitative estimate of drug-likeness (QED) is 0.460. The second-order valence-corrected chi connectivity index (χ2v) is 7.04. The van der Waals surface area contributed by atoms with Gasteiger partial charge in [0.1, 0.15) is 7.85 Å². The van der Waals surface area contributed by atoms with Gasteiger partial charge >= 0.3 is 0 Å². The molecule has 1 aliphatic rings. The molecule has 0 radical (unpaired) electrons. The first-order valence-electron chi connectivity index (χ1n) is 6.31. The van der Waals surface area contributed by atoms with Gasteiger partial charge in [-0.3, -0.25) is 0 Å². The molecule has 0 saturated heterocycles. The average molecular weight is 212 g/mol. The van der Waals surface area contributed by atoms with Gasteiger partial charge in [0.05, 0.1) is 0 Å². The van der Waals surface area contributed by atoms with Crippen molar-refractivity contribution < 1.29 is 0 Å². The zero-order valence-electron chi connectivity index (χ0n) is 10.2. The predicted molar refractivity (Wildman–Crippen MR) is 71.9 cm³/mol. The Bertz CT molecular complexity index is 156. The lowest BCUT2D eigenvalue weighted by Gasteiger charge is -2.27. The highest BCUT2D eigenvalue weighted by molar-refractivity contribution is 7.37. The molecule has 1 rings (SSSR count). The molecule has 0 N–H and O–H groups in total. The van der Waals surface area contributed by atoms with Crippen LogP contribution >= 0.6 is 8.58 Å². The second kappa shape index (κ2) is 6.16. The van der Waals surface area contributed by atoms with Crippen molar-refractivity contribution in [1.29, 1.82) is 0 Å². The minimum atomic E-state index is 0.624. The number of hydrogen-bond acceptors (Lipinski definition) is 0. The monoisotopic (exact) mass is 212 g/mol. The molecule has 82 valence electrons. The fraction of sp³-hybridized carbons (Fsp3) is 1.00. The Balaban J connectivity index is 2.37. The molecule has 0 aromatic heterocycles. The fourth-order valence-electron chi connectivity index (χ4n) is 2.56. The topological polar surface area (TPSA) is 0 Å². The first-order chi connectivity index (χ1) is 6.64. The van der Waals surface area contributed by atoms with E-state index in [0.717, 1.165) is 5.66 Å². The molecule has 0 aromatic rings. The van der Waals surface area contributed by atoms with Crippen LogP contribution in [0.4, 0.5) is 0 Å². The molecule has 0 heterocycles. The van der Waals surface area contributed by atoms with Gasteiger partial charge in [-0.2, -0.15) is 0 Å². The molecule has 0 bridgehead atoms. The highest BCUT2D eigenvalue weighted by Crippen LogP contribution is 2.37. The Morgan fingerprint density at radius 2 is 1.71 bits per heavy atom. The van der Waals surface area contributed by atoms with Gasteiger partial charge in [0.2, 0.25) is 0 Å². The predicted octanol–water partition coefficient (Wildman–Crippen LogP) is 3.61. The standard InChI is InChI=1S/C12H26BP/c1-12(13)9-5-3-4-7-11(14-2)8-6-10-12/h11,14H,3-10,13H2,1-2H3. The third-order valence-corrected chi connectivity index (χ3v) is 5.11. The molecule has 3 atom stereocenters. The molecule has 2 heteroatoms. The molecule has 0 aromatic carbocycles. The van der Waals surface area contributed by atoms with E-state index < -0.39 is 0 Å². The van der Waals surface area contributed by atoms with Gasteiger partial charge in [0.15, 0.2) is 0 Å². The summed E-state index contributed by atoms with van der Waals surface area (Å²) >= 11 is 0. The Morgan fingerprint density at radius 3 is 2.43 bits per heavy atom. The molecule has 0 nitrogen and oxygen atoms in total. The van der Waals surface area contributed by atoms with Crippen LogP contribution in [-0.2, 0) is 0 Å². The van der Waals surface area contributed by atoms with Crippen molar-refractivity contribution >= 4 is 16.4 Å². The lowest BCUT2D eigenvalue weighted by molar-refractivity contribution is 0.434. The number of rotatable bonds is 1. The SMILES string of the molecule is BC1(C)CCCCCC(PC)CCC1. The molecular formula is C12H26BP. The summed E-state index contributed by atoms with van der Waals surface area (Å²) < 4.78 is 0. The summed E-state index contributed by atoms with van der Waals surface area (Å²) in [6.45, 7) is 4.85. The van der Waals surface area contributed by atoms with Crippen LogP contribution in [0.1, 0.15) is 58.3 Å². The van der Waals surface area contributed by atoms with Crippen LogP contribution in [0.3, 0.4) is 0 Å². The van der Waals surface area contributed by atoms with Crippen LogP contribution in [0.2, 0.25) is 5.31 Å². The Morgan fingerprint density at radius 1 is 1.07 bits per heavy atom. The minimum absolute atomic E-state index is 0.624. The van der Waals surface area contributed by atoms with E-state index >= 15 is 0 Å². The maximum Gasteiger partial charge on any atom is 0.109 e. The third kappa shape index (κ3) is 4.83. The summed E-state index contributed by atoms with van der Waals surface area (Å²) in [4.78, 5) is 0. The molecule has 1 saturated carbocycles. The molecular weight excluding hydrogens is 186 g/mol. The van der Waals surface area contributed by atoms with E-state index in [1.807, 2.05) is 0 Å². The van der Waals surface area contributed by atoms with Gasteiger partial charge in [0.25, 0.3) is 0 Å². The third-order valence-electron chi connectivity index (χ3n) is 3.72. The summed E-state index contributed by atoms with van der Waals surface area (Å²) in [5.41, 5.74) is 1.06. The van der Waals surface area contributed by atoms with Crippen LogP contribution in [0, 0.1) is 0 Å². The van der Waals surface area contributed by atoms with Gasteiger partial charge in [-0.1, -0.05) is 50.8 Å². The van der Waals surface area contributed by atoms with Crippen molar-refractivity contribution in [2.45, 2.75) is 69.3 Å². The molecule has 0 amide bonds. The van der Waals surface area contributed by atoms with Gasteiger partial charge in [-0.25, -0.2) is 0 Å². The smallest absolute Gasteiger partial charge is 0.109 e. The van der Waals surface area contributed by atoms with Crippen LogP contribution in [-0.4, -0.2) is 20.2 Å². The Kier molecular flexibility index (Phi) is 5.53. The summed E-state index contributed by atoms with van der Waals surface area (Å²) in [6, 6.07) is 0. The largest absolute Gasteiger partial charge is 0.122 e. The van der Waals surface area contributed by atoms with Gasteiger partial charge in [0, 0.05) is 0 Å². The normalized spacial score (nSPS) is 37.4. The van der Waals surface area contributed by atoms with Crippen molar-refractivity contribution in [2.75, 3.05) is 6.66 Å². The fourth-order valence-corrected chi connectivity index (χ4v) is 3.54. The summed E-state index contributed by atoms with van der Waals surface area (Å²) in [5.74, 6) is 0. The lowest BCUT2D eigenvalue weighted by Crippen LogP contribution is -2.11. The van der Waals surface area contributed by atoms with Crippen molar-refractivity contribution in [3.05, 3.63) is 0 Å². The van der Waals surface area contributed by atoms with E-state index in [1.54, 1.807) is 0 Å². The maximum absolute atomic E-state index is 2.46. The maximum atomic E-state index is 2.46. The first-order valence-corrected chi connectivity index (χ1v) is 7.89. The highest BCUT2D eigenvalue weighted by atomic mass is 31.1. The van der Waals surface area contributed by atoms with E-state index in [2.05, 4.69) is 21.4 Å². The summed E-state index contributed by atoms with van der Waals surface area (Å²) in [6.07, 6.45) is 11.8. The van der Waals surface area contributed by atoms with E-state index in [0.29, 0.717) is 5.31 Å². The van der Waals surface area contributed by atoms with E-state index in [-0.39, 0.29) is 0 Å². The zero-order valence-corrected chi connectivity index (χ0v) is 11.2. The van der Waals surface area contributed by atoms with Crippen LogP contribution < -0.4 is 0 Å². The zero-order chi connectivity index (χ0) is 10.4. The Labute approximate surface area is 92.8 Å². The van der Waals surface area contributed by atoms with Crippen LogP contribution in [0.5, 0.6) is 0 Å². The summed E-state index contributed by atoms with van der Waals surface area (Å²) in [7, 11) is 3.63. The lowest BCUT2D eigenvalue weighted by atomic mass is 9.64. The average Bonchev–Trinajstić information content (AvgIpc) is 2.14. The molecule has 1 aliphatic carbocycles. The minimum Gasteiger partial charge on any atom is -0.122 e. The highest BCUT2D eigenvalue weighted by Gasteiger charge is 2.19. The molecule has 0 aliphatic heterocycles. The molecule has 0 spiro atoms. The first kappa shape index (κ1) is 12.6. The van der Waals surface area contributed by atoms with Gasteiger partial charge < -0.3 is 0 Å². The summed E-state index contributed by atoms with van der Waals surface area (Å²) in [5, 5.41) is 0.624. The Hall–Kier alpha value is 0.495. The van der Waals surface area contributed by atoms with Gasteiger partial charge in [-0.15, -0.1) is 8.58 Å². The van der Waals surface area contributed by atoms with Gasteiger partial charge in [-0.05, 0) is 25.2 Å². The van der Waals surface area contributed by atoms with E-state index in [1.165, 1.54) is 59.9 Å². The molecule has 3 unspecified atom stereocenters. The van der Waals surface area contributed by atoms with Crippen molar-refractivity contribution in [1.82, 2.24) is 0 Å². The van der Waals surface area contributed by atoms with Crippen molar-refractivity contribution in [3.8, 4) is 0 Å². The van der Waals surface area contributed by atoms with E-state index in [4.69, 9.17) is 0 Å². The van der Waals surface area contributed by atoms with Crippen LogP contribution in [0.25, 0.3) is 0 Å². The number of hydrogen-bond donors (Lipinski definition) is 0. The van der Waals surface area contributed by atoms with Crippen LogP contribution in [0.15, 0.2) is 0 Å². The van der Waals surface area contributed by atoms with Crippen molar-refractivity contribution in [3.63, 3.8) is 0 Å². The molecule has 1 fully saturated rings. The van der Waals surface area contributed by atoms with Crippen molar-refractivity contribution in [2.24, 2.45) is 0 Å². The molecule has 14 heavy (non-hydrogen) atoms. The van der Waals surface area contributed by atoms with E-state index in [9.17, 15) is 0 Å².